The smallest absolute Gasteiger partial charge is 0.305 e. The van der Waals surface area contributed by atoms with Gasteiger partial charge >= 0.3 is 5.97 Å². The zero-order valence-corrected chi connectivity index (χ0v) is 16.5. The van der Waals surface area contributed by atoms with Crippen molar-refractivity contribution < 1.29 is 38.1 Å². The first-order chi connectivity index (χ1) is 10.2. The molecule has 0 amide bonds. The van der Waals surface area contributed by atoms with Gasteiger partial charge in [-0.3, -0.25) is 4.79 Å². The molecule has 0 N–H and O–H groups in total. The van der Waals surface area contributed by atoms with E-state index in [0.717, 1.165) is 19.5 Å². The molecule has 0 radical (unpaired) electrons. The van der Waals surface area contributed by atoms with Crippen molar-refractivity contribution in [2.45, 2.75) is 78.3 Å². The number of nitrogens with zero attached hydrogens (tertiary/aromatic N) is 2. The van der Waals surface area contributed by atoms with Gasteiger partial charge in [-0.25, -0.2) is 9.13 Å². The summed E-state index contributed by atoms with van der Waals surface area (Å²) in [6, 6.07) is 0. The fourth-order valence-electron chi connectivity index (χ4n) is 2.47. The van der Waals surface area contributed by atoms with Crippen LogP contribution in [0.2, 0.25) is 0 Å². The van der Waals surface area contributed by atoms with E-state index in [-0.39, 0.29) is 29.9 Å². The predicted molar refractivity (Wildman–Crippen MR) is 84.0 cm³/mol. The van der Waals surface area contributed by atoms with Crippen LogP contribution in [0.3, 0.4) is 0 Å². The molecule has 1 aromatic rings. The van der Waals surface area contributed by atoms with E-state index in [1.165, 1.54) is 51.3 Å². The van der Waals surface area contributed by atoms with Gasteiger partial charge in [0.05, 0.1) is 26.6 Å². The molecule has 1 rings (SSSR count). The van der Waals surface area contributed by atoms with Gasteiger partial charge in [-0.15, -0.1) is 0 Å². The molecule has 1 heterocycles. The van der Waals surface area contributed by atoms with Crippen molar-refractivity contribution in [2.75, 3.05) is 7.11 Å². The highest BCUT2D eigenvalue weighted by Gasteiger charge is 2.14. The molecule has 0 aliphatic carbocycles. The average Bonchev–Trinajstić information content (AvgIpc) is 2.89. The van der Waals surface area contributed by atoms with E-state index in [4.69, 9.17) is 4.74 Å². The summed E-state index contributed by atoms with van der Waals surface area (Å²) in [7, 11) is 1.45. The van der Waals surface area contributed by atoms with Crippen LogP contribution in [-0.2, 0) is 29.0 Å². The maximum Gasteiger partial charge on any atom is 0.305 e. The van der Waals surface area contributed by atoms with Crippen molar-refractivity contribution in [1.29, 1.82) is 0 Å². The lowest BCUT2D eigenvalue weighted by Crippen LogP contribution is -3.00. The Kier molecular flexibility index (Phi) is 12.6. The molecule has 128 valence electrons. The fraction of sp³-hybridized carbons (Fsp3) is 0.765. The summed E-state index contributed by atoms with van der Waals surface area (Å²) in [5, 5.41) is 0. The topological polar surface area (TPSA) is 35.1 Å². The summed E-state index contributed by atoms with van der Waals surface area (Å²) in [4.78, 5) is 11.3. The van der Waals surface area contributed by atoms with E-state index >= 15 is 0 Å². The summed E-state index contributed by atoms with van der Waals surface area (Å²) in [6.07, 6.45) is 13.1. The Morgan fingerprint density at radius 2 is 1.91 bits per heavy atom. The molecule has 1 aromatic heterocycles. The van der Waals surface area contributed by atoms with Gasteiger partial charge in [-0.2, -0.15) is 0 Å². The summed E-state index contributed by atoms with van der Waals surface area (Å²) >= 11 is 0. The van der Waals surface area contributed by atoms with Gasteiger partial charge in [-0.05, 0) is 19.3 Å². The molecule has 0 atom stereocenters. The zero-order valence-electron chi connectivity index (χ0n) is 14.3. The van der Waals surface area contributed by atoms with Crippen molar-refractivity contribution >= 4 is 5.97 Å². The first kappa shape index (κ1) is 21.4. The zero-order chi connectivity index (χ0) is 15.5. The molecule has 0 aliphatic heterocycles. The van der Waals surface area contributed by atoms with E-state index in [1.807, 2.05) is 0 Å². The summed E-state index contributed by atoms with van der Waals surface area (Å²) in [5.41, 5.74) is 1.24. The second-order valence-corrected chi connectivity index (χ2v) is 5.66. The van der Waals surface area contributed by atoms with Crippen molar-refractivity contribution in [3.8, 4) is 0 Å². The van der Waals surface area contributed by atoms with Crippen LogP contribution in [0, 0.1) is 0 Å². The molecule has 0 fully saturated rings. The fourth-order valence-corrected chi connectivity index (χ4v) is 2.47. The lowest BCUT2D eigenvalue weighted by Gasteiger charge is -2.01. The summed E-state index contributed by atoms with van der Waals surface area (Å²) in [6.45, 7) is 6.55. The summed E-state index contributed by atoms with van der Waals surface area (Å²) in [5.74, 6) is -0.131. The molecule has 0 spiro atoms. The molecule has 0 saturated heterocycles. The van der Waals surface area contributed by atoms with Crippen LogP contribution in [-0.4, -0.2) is 17.6 Å². The Bertz CT molecular complexity index is 419. The first-order valence-corrected chi connectivity index (χ1v) is 8.36. The second-order valence-electron chi connectivity index (χ2n) is 5.66. The number of carbonyl (C=O) groups is 1. The molecule has 0 aliphatic rings. The molecule has 4 nitrogen and oxygen atoms in total. The van der Waals surface area contributed by atoms with Gasteiger partial charge in [-0.1, -0.05) is 33.1 Å². The molecule has 0 bridgehead atoms. The maximum absolute atomic E-state index is 11.3. The molecule has 0 aromatic carbocycles. The Hall–Kier alpha value is -0.590. The van der Waals surface area contributed by atoms with E-state index in [0.29, 0.717) is 6.42 Å². The third kappa shape index (κ3) is 8.15. The maximum atomic E-state index is 11.3. The molecule has 0 saturated carbocycles. The van der Waals surface area contributed by atoms with Crippen LogP contribution in [0.25, 0.3) is 0 Å². The van der Waals surface area contributed by atoms with Crippen LogP contribution >= 0.6 is 0 Å². The highest BCUT2D eigenvalue weighted by molar-refractivity contribution is 5.69. The standard InChI is InChI=1S/C17H31N2O2.HI/c1-4-6-8-9-13-19-15-18(12-7-5-2)14-16(19)10-11-17(20)21-3;/h14-15H,4-13H2,1-3H3;1H/q+1;/p-1. The van der Waals surface area contributed by atoms with Crippen molar-refractivity contribution in [2.24, 2.45) is 0 Å². The number of aryl methyl sites for hydroxylation is 3. The van der Waals surface area contributed by atoms with Crippen molar-refractivity contribution in [1.82, 2.24) is 4.57 Å². The van der Waals surface area contributed by atoms with E-state index in [1.54, 1.807) is 0 Å². The van der Waals surface area contributed by atoms with Crippen LogP contribution in [0.1, 0.15) is 64.5 Å². The van der Waals surface area contributed by atoms with Gasteiger partial charge in [0, 0.05) is 6.42 Å². The number of unbranched alkanes of at least 4 members (excludes halogenated alkanes) is 4. The highest BCUT2D eigenvalue weighted by atomic mass is 127. The quantitative estimate of drug-likeness (QED) is 0.222. The number of halogens is 1. The number of rotatable bonds is 11. The minimum atomic E-state index is -0.131. The number of carbonyl (C=O) groups excluding carboxylic acids is 1. The first-order valence-electron chi connectivity index (χ1n) is 8.36. The van der Waals surface area contributed by atoms with Gasteiger partial charge in [0.1, 0.15) is 11.9 Å². The number of ether oxygens (including phenoxy) is 1. The van der Waals surface area contributed by atoms with Gasteiger partial charge in [0.2, 0.25) is 6.33 Å². The number of imidazole rings is 1. The number of aromatic nitrogens is 2. The lowest BCUT2D eigenvalue weighted by molar-refractivity contribution is -0.697. The van der Waals surface area contributed by atoms with Crippen LogP contribution in [0.5, 0.6) is 0 Å². The Labute approximate surface area is 152 Å². The van der Waals surface area contributed by atoms with E-state index in [9.17, 15) is 4.79 Å². The minimum Gasteiger partial charge on any atom is -1.00 e. The van der Waals surface area contributed by atoms with Gasteiger partial charge in [0.25, 0.3) is 0 Å². The third-order valence-corrected chi connectivity index (χ3v) is 3.81. The normalized spacial score (nSPS) is 10.3. The minimum absolute atomic E-state index is 0. The number of methoxy groups -OCH3 is 1. The SMILES string of the molecule is CCCCCCn1c[n+](CCCC)cc1CCC(=O)OC.[I-]. The predicted octanol–water partition coefficient (Wildman–Crippen LogP) is 0.266. The largest absolute Gasteiger partial charge is 1.00 e. The van der Waals surface area contributed by atoms with Crippen LogP contribution in [0.4, 0.5) is 0 Å². The molecule has 5 heteroatoms. The van der Waals surface area contributed by atoms with Crippen molar-refractivity contribution in [3.05, 3.63) is 18.2 Å². The number of hydrogen-bond acceptors (Lipinski definition) is 2. The Morgan fingerprint density at radius 3 is 2.55 bits per heavy atom. The van der Waals surface area contributed by atoms with E-state index in [2.05, 4.69) is 35.5 Å². The van der Waals surface area contributed by atoms with Crippen molar-refractivity contribution in [3.63, 3.8) is 0 Å². The number of esters is 1. The molecule has 0 unspecified atom stereocenters. The monoisotopic (exact) mass is 422 g/mol. The Morgan fingerprint density at radius 1 is 1.18 bits per heavy atom. The van der Waals surface area contributed by atoms with Gasteiger partial charge < -0.3 is 28.7 Å². The summed E-state index contributed by atoms with van der Waals surface area (Å²) < 4.78 is 9.32. The lowest BCUT2D eigenvalue weighted by atomic mass is 10.2. The molecular formula is C17H31IN2O2. The molecular weight excluding hydrogens is 391 g/mol. The van der Waals surface area contributed by atoms with Crippen LogP contribution < -0.4 is 28.5 Å². The molecule has 22 heavy (non-hydrogen) atoms. The Balaban J connectivity index is 0.00000441. The van der Waals surface area contributed by atoms with Gasteiger partial charge in [0.15, 0.2) is 0 Å². The highest BCUT2D eigenvalue weighted by Crippen LogP contribution is 2.07. The second kappa shape index (κ2) is 12.9. The number of hydrogen-bond donors (Lipinski definition) is 0. The third-order valence-electron chi connectivity index (χ3n) is 3.81. The average molecular weight is 422 g/mol. The van der Waals surface area contributed by atoms with E-state index < -0.39 is 0 Å². The van der Waals surface area contributed by atoms with Crippen LogP contribution in [0.15, 0.2) is 12.5 Å².